The predicted molar refractivity (Wildman–Crippen MR) is 115 cm³/mol. The second-order valence-electron chi connectivity index (χ2n) is 7.77. The maximum absolute atomic E-state index is 13.8. The summed E-state index contributed by atoms with van der Waals surface area (Å²) in [5.41, 5.74) is 3.96. The van der Waals surface area contributed by atoms with Crippen LogP contribution in [0.2, 0.25) is 0 Å². The molecular weight excluding hydrogens is 367 g/mol. The first kappa shape index (κ1) is 20.5. The fourth-order valence-electron chi connectivity index (χ4n) is 3.28. The van der Waals surface area contributed by atoms with Crippen molar-refractivity contribution in [1.82, 2.24) is 5.32 Å². The van der Waals surface area contributed by atoms with E-state index in [-0.39, 0.29) is 11.0 Å². The van der Waals surface area contributed by atoms with Crippen molar-refractivity contribution in [2.75, 3.05) is 6.61 Å². The number of amidine groups is 1. The third-order valence-electron chi connectivity index (χ3n) is 4.99. The van der Waals surface area contributed by atoms with E-state index in [4.69, 9.17) is 4.74 Å². The maximum atomic E-state index is 13.8. The Hall–Kier alpha value is -3.21. The van der Waals surface area contributed by atoms with Crippen LogP contribution >= 0.6 is 0 Å². The zero-order valence-electron chi connectivity index (χ0n) is 17.2. The molecule has 150 valence electrons. The molecule has 29 heavy (non-hydrogen) atoms. The molecule has 0 fully saturated rings. The van der Waals surface area contributed by atoms with Crippen LogP contribution in [0.1, 0.15) is 47.8 Å². The van der Waals surface area contributed by atoms with Crippen LogP contribution in [0.25, 0.3) is 5.57 Å². The summed E-state index contributed by atoms with van der Waals surface area (Å²) >= 11 is 0. The Kier molecular flexibility index (Phi) is 5.69. The van der Waals surface area contributed by atoms with Gasteiger partial charge in [-0.05, 0) is 54.8 Å². The van der Waals surface area contributed by atoms with Crippen LogP contribution in [0.15, 0.2) is 60.2 Å². The van der Waals surface area contributed by atoms with Crippen molar-refractivity contribution < 1.29 is 13.9 Å². The molecule has 5 heteroatoms. The molecule has 0 saturated carbocycles. The van der Waals surface area contributed by atoms with Gasteiger partial charge in [-0.25, -0.2) is 9.38 Å². The van der Waals surface area contributed by atoms with Crippen LogP contribution in [-0.4, -0.2) is 18.3 Å². The minimum Gasteiger partial charge on any atom is -0.492 e. The minimum atomic E-state index is -0.571. The Bertz CT molecular complexity index is 1040. The molecule has 0 atom stereocenters. The summed E-state index contributed by atoms with van der Waals surface area (Å²) in [6.07, 6.45) is 3.38. The Balaban J connectivity index is 1.86. The Morgan fingerprint density at radius 3 is 2.69 bits per heavy atom. The van der Waals surface area contributed by atoms with Gasteiger partial charge in [-0.2, -0.15) is 0 Å². The van der Waals surface area contributed by atoms with Crippen LogP contribution < -0.4 is 10.1 Å². The topological polar surface area (TPSA) is 50.7 Å². The third-order valence-corrected chi connectivity index (χ3v) is 4.99. The number of carbonyl (C=O) groups is 1. The molecule has 2 aromatic carbocycles. The molecular formula is C24H25FN2O2. The zero-order valence-corrected chi connectivity index (χ0v) is 17.2. The number of fused-ring (bicyclic) bond motifs is 1. The van der Waals surface area contributed by atoms with Gasteiger partial charge in [0.05, 0.1) is 12.2 Å². The molecule has 1 amide bonds. The molecule has 0 radical (unpaired) electrons. The minimum absolute atomic E-state index is 0.0216. The summed E-state index contributed by atoms with van der Waals surface area (Å²) in [6.45, 7) is 12.5. The van der Waals surface area contributed by atoms with Gasteiger partial charge in [0.15, 0.2) is 0 Å². The summed E-state index contributed by atoms with van der Waals surface area (Å²) in [7, 11) is 0. The lowest BCUT2D eigenvalue weighted by atomic mass is 9.84. The van der Waals surface area contributed by atoms with Gasteiger partial charge in [0.25, 0.3) is 5.91 Å². The fraction of sp³-hybridized carbons (Fsp3) is 0.250. The molecule has 1 aliphatic rings. The number of allylic oxidation sites excluding steroid dienone is 2. The van der Waals surface area contributed by atoms with E-state index in [9.17, 15) is 9.18 Å². The molecule has 0 aromatic heterocycles. The molecule has 1 N–H and O–H groups in total. The van der Waals surface area contributed by atoms with E-state index in [1.165, 1.54) is 18.2 Å². The summed E-state index contributed by atoms with van der Waals surface area (Å²) < 4.78 is 19.6. The third kappa shape index (κ3) is 4.29. The number of halogens is 1. The van der Waals surface area contributed by atoms with E-state index in [1.54, 1.807) is 25.3 Å². The average molecular weight is 392 g/mol. The normalized spacial score (nSPS) is 15.5. The number of amides is 1. The van der Waals surface area contributed by atoms with E-state index in [1.807, 2.05) is 13.0 Å². The smallest absolute Gasteiger partial charge is 0.259 e. The van der Waals surface area contributed by atoms with Gasteiger partial charge in [-0.1, -0.05) is 38.6 Å². The molecule has 0 spiro atoms. The summed E-state index contributed by atoms with van der Waals surface area (Å²) in [4.78, 5) is 16.6. The summed E-state index contributed by atoms with van der Waals surface area (Å²) in [5, 5.41) is 2.61. The van der Waals surface area contributed by atoms with E-state index in [2.05, 4.69) is 36.8 Å². The molecule has 4 nitrogen and oxygen atoms in total. The van der Waals surface area contributed by atoms with Crippen molar-refractivity contribution in [3.8, 4) is 5.75 Å². The first-order chi connectivity index (χ1) is 13.7. The Morgan fingerprint density at radius 2 is 2.00 bits per heavy atom. The van der Waals surface area contributed by atoms with Crippen molar-refractivity contribution in [3.63, 3.8) is 0 Å². The molecule has 3 rings (SSSR count). The monoisotopic (exact) mass is 392 g/mol. The average Bonchev–Trinajstić information content (AvgIpc) is 2.96. The molecule has 0 unspecified atom stereocenters. The van der Waals surface area contributed by atoms with Gasteiger partial charge in [0.2, 0.25) is 0 Å². The van der Waals surface area contributed by atoms with Crippen molar-refractivity contribution >= 4 is 17.3 Å². The molecule has 0 bridgehead atoms. The largest absolute Gasteiger partial charge is 0.492 e. The predicted octanol–water partition coefficient (Wildman–Crippen LogP) is 5.18. The fourth-order valence-corrected chi connectivity index (χ4v) is 3.28. The number of aryl methyl sites for hydroxylation is 1. The summed E-state index contributed by atoms with van der Waals surface area (Å²) in [5.74, 6) is 0.167. The molecule has 0 saturated heterocycles. The number of hydrogen-bond donors (Lipinski definition) is 1. The number of hydrogen-bond acceptors (Lipinski definition) is 3. The molecule has 2 aromatic rings. The first-order valence-electron chi connectivity index (χ1n) is 9.44. The lowest BCUT2D eigenvalue weighted by Gasteiger charge is -2.17. The lowest BCUT2D eigenvalue weighted by Crippen LogP contribution is -2.28. The number of ether oxygens (including phenoxy) is 1. The van der Waals surface area contributed by atoms with Crippen LogP contribution in [0, 0.1) is 12.7 Å². The second-order valence-corrected chi connectivity index (χ2v) is 7.77. The first-order valence-corrected chi connectivity index (χ1v) is 9.44. The number of nitrogens with zero attached hydrogens (tertiary/aromatic N) is 1. The van der Waals surface area contributed by atoms with Gasteiger partial charge < -0.3 is 10.1 Å². The van der Waals surface area contributed by atoms with E-state index >= 15 is 0 Å². The van der Waals surface area contributed by atoms with E-state index in [0.29, 0.717) is 12.4 Å². The van der Waals surface area contributed by atoms with E-state index in [0.717, 1.165) is 28.0 Å². The second kappa shape index (κ2) is 8.03. The SMILES string of the molecule is C=C/C(=C\N=C(/C)NC(=O)c1ccccc1F)c1cc2c(cc1C)OCC2(C)C. The highest BCUT2D eigenvalue weighted by atomic mass is 19.1. The number of nitrogens with one attached hydrogen (secondary N) is 1. The number of rotatable bonds is 4. The molecule has 1 aliphatic heterocycles. The van der Waals surface area contributed by atoms with E-state index < -0.39 is 11.7 Å². The number of aliphatic imine (C=N–C) groups is 1. The van der Waals surface area contributed by atoms with Crippen LogP contribution in [0.4, 0.5) is 4.39 Å². The van der Waals surface area contributed by atoms with Crippen molar-refractivity contribution in [2.24, 2.45) is 4.99 Å². The van der Waals surface area contributed by atoms with Crippen LogP contribution in [0.3, 0.4) is 0 Å². The number of carbonyl (C=O) groups excluding carboxylic acids is 1. The standard InChI is InChI=1S/C24H25FN2O2/c1-6-17(19-12-20-22(11-15(19)2)29-14-24(20,4)5)13-26-16(3)27-23(28)18-9-7-8-10-21(18)25/h6-13H,1,14H2,2-5H3,(H,26,27,28)/b17-13+. The van der Waals surface area contributed by atoms with Crippen molar-refractivity contribution in [1.29, 1.82) is 0 Å². The van der Waals surface area contributed by atoms with Crippen molar-refractivity contribution in [2.45, 2.75) is 33.1 Å². The van der Waals surface area contributed by atoms with Crippen LogP contribution in [-0.2, 0) is 5.41 Å². The van der Waals surface area contributed by atoms with Gasteiger partial charge in [-0.15, -0.1) is 0 Å². The lowest BCUT2D eigenvalue weighted by molar-refractivity contribution is 0.0973. The summed E-state index contributed by atoms with van der Waals surface area (Å²) in [6, 6.07) is 9.99. The quantitative estimate of drug-likeness (QED) is 0.443. The van der Waals surface area contributed by atoms with Gasteiger partial charge in [0.1, 0.15) is 17.4 Å². The highest BCUT2D eigenvalue weighted by Crippen LogP contribution is 2.41. The van der Waals surface area contributed by atoms with Crippen LogP contribution in [0.5, 0.6) is 5.75 Å². The number of benzene rings is 2. The molecule has 1 heterocycles. The zero-order chi connectivity index (χ0) is 21.2. The van der Waals surface area contributed by atoms with Crippen molar-refractivity contribution in [3.05, 3.63) is 83.3 Å². The van der Waals surface area contributed by atoms with Gasteiger partial charge in [0, 0.05) is 17.2 Å². The highest BCUT2D eigenvalue weighted by molar-refractivity contribution is 6.06. The van der Waals surface area contributed by atoms with Gasteiger partial charge >= 0.3 is 0 Å². The van der Waals surface area contributed by atoms with Gasteiger partial charge in [-0.3, -0.25) is 4.79 Å². The maximum Gasteiger partial charge on any atom is 0.259 e. The Morgan fingerprint density at radius 1 is 1.28 bits per heavy atom. The highest BCUT2D eigenvalue weighted by Gasteiger charge is 2.32. The Labute approximate surface area is 170 Å². The molecule has 0 aliphatic carbocycles.